The highest BCUT2D eigenvalue weighted by Gasteiger charge is 2.28. The molecule has 0 aliphatic carbocycles. The fourth-order valence-corrected chi connectivity index (χ4v) is 2.74. The van der Waals surface area contributed by atoms with Crippen molar-refractivity contribution >= 4 is 39.2 Å². The molecule has 0 aromatic heterocycles. The van der Waals surface area contributed by atoms with E-state index in [-0.39, 0.29) is 11.3 Å². The maximum Gasteiger partial charge on any atom is 0.355 e. The molecule has 1 heterocycles. The van der Waals surface area contributed by atoms with Crippen molar-refractivity contribution in [3.8, 4) is 0 Å². The van der Waals surface area contributed by atoms with Gasteiger partial charge in [-0.2, -0.15) is 0 Å². The molecule has 1 N–H and O–H groups in total. The third-order valence-corrected chi connectivity index (χ3v) is 3.97. The third-order valence-electron chi connectivity index (χ3n) is 3.48. The molecule has 0 amide bonds. The van der Waals surface area contributed by atoms with E-state index in [4.69, 9.17) is 9.47 Å². The van der Waals surface area contributed by atoms with Crippen LogP contribution in [0.1, 0.15) is 6.92 Å². The van der Waals surface area contributed by atoms with E-state index in [1.165, 1.54) is 20.3 Å². The minimum absolute atomic E-state index is 0.0802. The van der Waals surface area contributed by atoms with Gasteiger partial charge in [-0.15, -0.1) is 0 Å². The summed E-state index contributed by atoms with van der Waals surface area (Å²) in [5, 5.41) is 3.25. The minimum Gasteiger partial charge on any atom is -0.465 e. The summed E-state index contributed by atoms with van der Waals surface area (Å²) in [5.74, 6) is -1.26. The number of hydrogen-bond donors (Lipinski definition) is 1. The van der Waals surface area contributed by atoms with E-state index < -0.39 is 11.9 Å². The number of nitrogens with one attached hydrogen (secondary N) is 1. The average molecular weight is 407 g/mol. The SMILES string of the molecule is CCNc1ccc(Br)cc1N1C=CC=CC(C(=O)OC)=C1C(=O)OC. The quantitative estimate of drug-likeness (QED) is 0.755. The second-order valence-electron chi connectivity index (χ2n) is 5.01. The van der Waals surface area contributed by atoms with Crippen LogP contribution >= 0.6 is 15.9 Å². The van der Waals surface area contributed by atoms with Crippen molar-refractivity contribution in [1.29, 1.82) is 0 Å². The third kappa shape index (κ3) is 4.11. The molecule has 0 fully saturated rings. The predicted molar refractivity (Wildman–Crippen MR) is 100 cm³/mol. The van der Waals surface area contributed by atoms with E-state index >= 15 is 0 Å². The van der Waals surface area contributed by atoms with E-state index in [9.17, 15) is 9.59 Å². The number of halogens is 1. The summed E-state index contributed by atoms with van der Waals surface area (Å²) >= 11 is 3.45. The Morgan fingerprint density at radius 2 is 1.88 bits per heavy atom. The Morgan fingerprint density at radius 1 is 1.16 bits per heavy atom. The smallest absolute Gasteiger partial charge is 0.355 e. The topological polar surface area (TPSA) is 67.9 Å². The summed E-state index contributed by atoms with van der Waals surface area (Å²) in [5.41, 5.74) is 1.69. The highest BCUT2D eigenvalue weighted by Crippen LogP contribution is 2.34. The Labute approximate surface area is 154 Å². The van der Waals surface area contributed by atoms with Crippen LogP contribution in [0.2, 0.25) is 0 Å². The molecule has 2 rings (SSSR count). The van der Waals surface area contributed by atoms with Gasteiger partial charge in [-0.25, -0.2) is 9.59 Å². The van der Waals surface area contributed by atoms with Gasteiger partial charge in [0.05, 0.1) is 31.2 Å². The van der Waals surface area contributed by atoms with E-state index in [0.29, 0.717) is 12.2 Å². The molecule has 0 saturated heterocycles. The standard InChI is InChI=1S/C18H19BrN2O4/c1-4-20-14-9-8-12(19)11-15(14)21-10-6-5-7-13(17(22)24-2)16(21)18(23)25-3/h5-11,20H,4H2,1-3H3. The Kier molecular flexibility index (Phi) is 6.41. The number of allylic oxidation sites excluding steroid dienone is 2. The fraction of sp³-hybridized carbons (Fsp3) is 0.222. The maximum absolute atomic E-state index is 12.5. The Hall–Kier alpha value is -2.54. The zero-order valence-corrected chi connectivity index (χ0v) is 15.8. The van der Waals surface area contributed by atoms with Crippen LogP contribution < -0.4 is 10.2 Å². The van der Waals surface area contributed by atoms with Gasteiger partial charge >= 0.3 is 11.9 Å². The summed E-state index contributed by atoms with van der Waals surface area (Å²) in [7, 11) is 2.54. The molecule has 0 radical (unpaired) electrons. The number of carbonyl (C=O) groups excluding carboxylic acids is 2. The highest BCUT2D eigenvalue weighted by atomic mass is 79.9. The predicted octanol–water partition coefficient (Wildman–Crippen LogP) is 3.37. The molecule has 0 atom stereocenters. The van der Waals surface area contributed by atoms with Crippen molar-refractivity contribution in [2.24, 2.45) is 0 Å². The van der Waals surface area contributed by atoms with Crippen molar-refractivity contribution in [1.82, 2.24) is 0 Å². The van der Waals surface area contributed by atoms with Crippen LogP contribution in [0.25, 0.3) is 0 Å². The number of rotatable bonds is 5. The molecule has 0 saturated carbocycles. The largest absolute Gasteiger partial charge is 0.465 e. The number of methoxy groups -OCH3 is 2. The van der Waals surface area contributed by atoms with Crippen LogP contribution in [0.5, 0.6) is 0 Å². The summed E-state index contributed by atoms with van der Waals surface area (Å²) in [6.45, 7) is 2.67. The molecule has 0 bridgehead atoms. The lowest BCUT2D eigenvalue weighted by Gasteiger charge is -2.25. The maximum atomic E-state index is 12.5. The fourth-order valence-electron chi connectivity index (χ4n) is 2.40. The Balaban J connectivity index is 2.71. The second-order valence-corrected chi connectivity index (χ2v) is 5.92. The molecule has 1 aromatic carbocycles. The monoisotopic (exact) mass is 406 g/mol. The van der Waals surface area contributed by atoms with Crippen LogP contribution in [0.3, 0.4) is 0 Å². The van der Waals surface area contributed by atoms with Gasteiger partial charge in [0.2, 0.25) is 0 Å². The van der Waals surface area contributed by atoms with E-state index in [0.717, 1.165) is 10.2 Å². The number of hydrogen-bond acceptors (Lipinski definition) is 6. The van der Waals surface area contributed by atoms with Crippen LogP contribution in [-0.2, 0) is 19.1 Å². The summed E-state index contributed by atoms with van der Waals surface area (Å²) < 4.78 is 10.6. The lowest BCUT2D eigenvalue weighted by molar-refractivity contribution is -0.139. The van der Waals surface area contributed by atoms with Crippen molar-refractivity contribution in [3.63, 3.8) is 0 Å². The lowest BCUT2D eigenvalue weighted by Crippen LogP contribution is -2.27. The molecular formula is C18H19BrN2O4. The first-order valence-corrected chi connectivity index (χ1v) is 8.41. The van der Waals surface area contributed by atoms with Gasteiger partial charge in [0, 0.05) is 17.2 Å². The van der Waals surface area contributed by atoms with E-state index in [1.54, 1.807) is 23.3 Å². The van der Waals surface area contributed by atoms with Crippen molar-refractivity contribution in [3.05, 3.63) is 58.4 Å². The first-order valence-electron chi connectivity index (χ1n) is 7.61. The van der Waals surface area contributed by atoms with Crippen LogP contribution in [0.4, 0.5) is 11.4 Å². The van der Waals surface area contributed by atoms with Crippen molar-refractivity contribution < 1.29 is 19.1 Å². The van der Waals surface area contributed by atoms with Crippen LogP contribution in [-0.4, -0.2) is 32.7 Å². The Bertz CT molecular complexity index is 768. The molecular weight excluding hydrogens is 388 g/mol. The highest BCUT2D eigenvalue weighted by molar-refractivity contribution is 9.10. The van der Waals surface area contributed by atoms with Gasteiger partial charge in [0.1, 0.15) is 5.70 Å². The zero-order chi connectivity index (χ0) is 18.4. The Morgan fingerprint density at radius 3 is 2.52 bits per heavy atom. The molecule has 0 spiro atoms. The van der Waals surface area contributed by atoms with Gasteiger partial charge < -0.3 is 19.7 Å². The number of benzene rings is 1. The number of anilines is 2. The molecule has 0 unspecified atom stereocenters. The van der Waals surface area contributed by atoms with Crippen molar-refractivity contribution in [2.45, 2.75) is 6.92 Å². The van der Waals surface area contributed by atoms with Crippen LogP contribution in [0.15, 0.2) is 58.4 Å². The molecule has 25 heavy (non-hydrogen) atoms. The van der Waals surface area contributed by atoms with Gasteiger partial charge in [-0.1, -0.05) is 22.0 Å². The normalized spacial score (nSPS) is 13.5. The van der Waals surface area contributed by atoms with Crippen LogP contribution in [0, 0.1) is 0 Å². The van der Waals surface area contributed by atoms with E-state index in [1.807, 2.05) is 25.1 Å². The summed E-state index contributed by atoms with van der Waals surface area (Å²) in [4.78, 5) is 26.3. The number of carbonyl (C=O) groups is 2. The summed E-state index contributed by atoms with van der Waals surface area (Å²) in [6.07, 6.45) is 6.62. The lowest BCUT2D eigenvalue weighted by atomic mass is 10.1. The van der Waals surface area contributed by atoms with Gasteiger partial charge in [-0.05, 0) is 37.3 Å². The first kappa shape index (κ1) is 18.8. The van der Waals surface area contributed by atoms with Gasteiger partial charge in [0.25, 0.3) is 0 Å². The zero-order valence-electron chi connectivity index (χ0n) is 14.2. The van der Waals surface area contributed by atoms with Gasteiger partial charge in [0.15, 0.2) is 0 Å². The number of esters is 2. The molecule has 132 valence electrons. The number of ether oxygens (including phenoxy) is 2. The second kappa shape index (κ2) is 8.53. The first-order chi connectivity index (χ1) is 12.0. The van der Waals surface area contributed by atoms with E-state index in [2.05, 4.69) is 21.2 Å². The van der Waals surface area contributed by atoms with Crippen molar-refractivity contribution in [2.75, 3.05) is 31.0 Å². The minimum atomic E-state index is -0.640. The van der Waals surface area contributed by atoms with Gasteiger partial charge in [-0.3, -0.25) is 0 Å². The molecule has 1 aliphatic heterocycles. The number of nitrogens with zero attached hydrogens (tertiary/aromatic N) is 1. The molecule has 1 aliphatic rings. The molecule has 7 heteroatoms. The summed E-state index contributed by atoms with van der Waals surface area (Å²) in [6, 6.07) is 5.64. The molecule has 6 nitrogen and oxygen atoms in total. The molecule has 1 aromatic rings. The average Bonchev–Trinajstić information content (AvgIpc) is 2.84.